The number of imide groups is 1. The molecule has 0 aliphatic carbocycles. The smallest absolute Gasteiger partial charge is 0.382 e. The Bertz CT molecular complexity index is 1230. The second kappa shape index (κ2) is 13.9. The summed E-state index contributed by atoms with van der Waals surface area (Å²) in [4.78, 5) is 54.0. The summed E-state index contributed by atoms with van der Waals surface area (Å²) in [6, 6.07) is 13.0. The number of halogens is 3. The molecule has 9 nitrogen and oxygen atoms in total. The highest BCUT2D eigenvalue weighted by Gasteiger charge is 2.49. The van der Waals surface area contributed by atoms with Gasteiger partial charge in [0, 0.05) is 38.4 Å². The Morgan fingerprint density at radius 2 is 1.48 bits per heavy atom. The number of carbonyl (C=O) groups is 4. The normalized spacial score (nSPS) is 20.0. The Morgan fingerprint density at radius 3 is 2.05 bits per heavy atom. The molecule has 2 aromatic carbocycles. The first-order valence-corrected chi connectivity index (χ1v) is 14.0. The first-order valence-electron chi connectivity index (χ1n) is 14.0. The molecular formula is C30H35F3N4O5. The van der Waals surface area contributed by atoms with Crippen molar-refractivity contribution in [1.82, 2.24) is 20.4 Å². The number of Topliss-reactive ketones (excluding diaryl/α,β-unsaturated/α-hetero) is 1. The molecule has 2 aliphatic rings. The number of nitrogens with zero attached hydrogens (tertiary/aromatic N) is 2. The second-order valence-corrected chi connectivity index (χ2v) is 10.7. The predicted molar refractivity (Wildman–Crippen MR) is 147 cm³/mol. The third-order valence-electron chi connectivity index (χ3n) is 7.76. The Morgan fingerprint density at radius 1 is 0.905 bits per heavy atom. The largest absolute Gasteiger partial charge is 0.415 e. The summed E-state index contributed by atoms with van der Waals surface area (Å²) >= 11 is 0. The number of hydrogen-bond donors (Lipinski definition) is 3. The van der Waals surface area contributed by atoms with Crippen LogP contribution in [0.3, 0.4) is 0 Å². The van der Waals surface area contributed by atoms with Crippen molar-refractivity contribution >= 4 is 23.6 Å². The van der Waals surface area contributed by atoms with Gasteiger partial charge in [0.2, 0.25) is 11.8 Å². The van der Waals surface area contributed by atoms with Crippen LogP contribution >= 0.6 is 0 Å². The molecule has 3 N–H and O–H groups in total. The van der Waals surface area contributed by atoms with Crippen molar-refractivity contribution in [2.75, 3.05) is 19.6 Å². The molecule has 0 radical (unpaired) electrons. The van der Waals surface area contributed by atoms with Crippen LogP contribution in [0.25, 0.3) is 0 Å². The summed E-state index contributed by atoms with van der Waals surface area (Å²) in [7, 11) is 0. The highest BCUT2D eigenvalue weighted by Crippen LogP contribution is 2.31. The van der Waals surface area contributed by atoms with Gasteiger partial charge in [0.1, 0.15) is 11.8 Å². The van der Waals surface area contributed by atoms with Crippen LogP contribution in [0, 0.1) is 0 Å². The number of benzene rings is 2. The highest BCUT2D eigenvalue weighted by atomic mass is 19.4. The van der Waals surface area contributed by atoms with Gasteiger partial charge in [0.15, 0.2) is 6.10 Å². The monoisotopic (exact) mass is 588 g/mol. The van der Waals surface area contributed by atoms with Crippen LogP contribution in [0.5, 0.6) is 0 Å². The van der Waals surface area contributed by atoms with Crippen LogP contribution in [0.2, 0.25) is 0 Å². The lowest BCUT2D eigenvalue weighted by Gasteiger charge is -2.36. The molecule has 0 aromatic heterocycles. The van der Waals surface area contributed by atoms with Crippen LogP contribution < -0.4 is 10.6 Å². The lowest BCUT2D eigenvalue weighted by atomic mass is 9.98. The van der Waals surface area contributed by atoms with Crippen molar-refractivity contribution in [2.24, 2.45) is 0 Å². The average Bonchev–Trinajstić information content (AvgIpc) is 3.46. The third kappa shape index (κ3) is 8.16. The number of likely N-dealkylation sites (tertiary alicyclic amines) is 2. The van der Waals surface area contributed by atoms with E-state index in [0.717, 1.165) is 5.56 Å². The van der Waals surface area contributed by atoms with Crippen LogP contribution in [-0.4, -0.2) is 88.6 Å². The van der Waals surface area contributed by atoms with Gasteiger partial charge in [-0.1, -0.05) is 60.7 Å². The molecule has 0 bridgehead atoms. The molecular weight excluding hydrogens is 553 g/mol. The van der Waals surface area contributed by atoms with Crippen molar-refractivity contribution in [3.63, 3.8) is 0 Å². The van der Waals surface area contributed by atoms with Gasteiger partial charge in [-0.3, -0.25) is 24.6 Å². The lowest BCUT2D eigenvalue weighted by Crippen LogP contribution is -2.59. The Hall–Kier alpha value is -3.77. The number of urea groups is 1. The van der Waals surface area contributed by atoms with E-state index in [2.05, 4.69) is 10.6 Å². The zero-order chi connectivity index (χ0) is 30.3. The van der Waals surface area contributed by atoms with Gasteiger partial charge >= 0.3 is 12.2 Å². The van der Waals surface area contributed by atoms with E-state index in [0.29, 0.717) is 12.0 Å². The van der Waals surface area contributed by atoms with Crippen LogP contribution in [0.1, 0.15) is 36.8 Å². The van der Waals surface area contributed by atoms with Crippen molar-refractivity contribution in [3.05, 3.63) is 71.8 Å². The SMILES string of the molecule is O=C1CCN(C(=O)N[C@@H](Cc2ccccc2)C(=O)NC(=O)[C@@H]2CCCN2[C@@H](Cc2ccccc2)[C@@H](O)C(F)(F)F)CC1. The summed E-state index contributed by atoms with van der Waals surface area (Å²) in [5, 5.41) is 15.3. The molecule has 226 valence electrons. The molecule has 12 heteroatoms. The predicted octanol–water partition coefficient (Wildman–Crippen LogP) is 2.61. The number of rotatable bonds is 9. The van der Waals surface area contributed by atoms with E-state index >= 15 is 0 Å². The summed E-state index contributed by atoms with van der Waals surface area (Å²) in [6.07, 6.45) is -6.67. The van der Waals surface area contributed by atoms with E-state index in [9.17, 15) is 37.5 Å². The summed E-state index contributed by atoms with van der Waals surface area (Å²) in [5.74, 6) is -1.54. The minimum atomic E-state index is -4.91. The van der Waals surface area contributed by atoms with Gasteiger partial charge in [-0.2, -0.15) is 13.2 Å². The Balaban J connectivity index is 1.49. The second-order valence-electron chi connectivity index (χ2n) is 10.7. The fourth-order valence-corrected chi connectivity index (χ4v) is 5.50. The fraction of sp³-hybridized carbons (Fsp3) is 0.467. The molecule has 2 aliphatic heterocycles. The van der Waals surface area contributed by atoms with Gasteiger partial charge in [-0.25, -0.2) is 4.79 Å². The number of hydrogen-bond acceptors (Lipinski definition) is 6. The van der Waals surface area contributed by atoms with E-state index in [-0.39, 0.29) is 57.5 Å². The van der Waals surface area contributed by atoms with Gasteiger partial charge in [0.25, 0.3) is 0 Å². The first-order chi connectivity index (χ1) is 20.0. The maximum Gasteiger partial charge on any atom is 0.415 e. The van der Waals surface area contributed by atoms with Gasteiger partial charge < -0.3 is 15.3 Å². The maximum absolute atomic E-state index is 13.7. The fourth-order valence-electron chi connectivity index (χ4n) is 5.50. The minimum absolute atomic E-state index is 0.0468. The number of nitrogens with one attached hydrogen (secondary N) is 2. The van der Waals surface area contributed by atoms with Gasteiger partial charge in [0.05, 0.1) is 6.04 Å². The van der Waals surface area contributed by atoms with E-state index < -0.39 is 48.3 Å². The number of alkyl halides is 3. The Kier molecular flexibility index (Phi) is 10.3. The van der Waals surface area contributed by atoms with Crippen LogP contribution in [0.4, 0.5) is 18.0 Å². The summed E-state index contributed by atoms with van der Waals surface area (Å²) in [5.41, 5.74) is 1.29. The first kappa shape index (κ1) is 31.2. The Labute approximate surface area is 242 Å². The molecule has 0 spiro atoms. The van der Waals surface area contributed by atoms with E-state index in [1.807, 2.05) is 0 Å². The summed E-state index contributed by atoms with van der Waals surface area (Å²) in [6.45, 7) is 0.560. The molecule has 4 amide bonds. The quantitative estimate of drug-likeness (QED) is 0.415. The third-order valence-corrected chi connectivity index (χ3v) is 7.76. The molecule has 0 saturated carbocycles. The molecule has 4 atom stereocenters. The summed E-state index contributed by atoms with van der Waals surface area (Å²) < 4.78 is 41.1. The number of aliphatic hydroxyl groups excluding tert-OH is 1. The van der Waals surface area contributed by atoms with Crippen LogP contribution in [0.15, 0.2) is 60.7 Å². The molecule has 0 unspecified atom stereocenters. The molecule has 2 saturated heterocycles. The van der Waals surface area contributed by atoms with E-state index in [1.54, 1.807) is 60.7 Å². The number of piperidine rings is 1. The number of aliphatic hydroxyl groups is 1. The van der Waals surface area contributed by atoms with Gasteiger partial charge in [-0.15, -0.1) is 0 Å². The molecule has 2 aromatic rings. The highest BCUT2D eigenvalue weighted by molar-refractivity contribution is 6.01. The molecule has 2 heterocycles. The van der Waals surface area contributed by atoms with Crippen molar-refractivity contribution < 1.29 is 37.5 Å². The number of carbonyl (C=O) groups excluding carboxylic acids is 4. The number of ketones is 1. The molecule has 42 heavy (non-hydrogen) atoms. The molecule has 4 rings (SSSR count). The van der Waals surface area contributed by atoms with E-state index in [4.69, 9.17) is 0 Å². The minimum Gasteiger partial charge on any atom is -0.382 e. The van der Waals surface area contributed by atoms with Crippen molar-refractivity contribution in [3.8, 4) is 0 Å². The zero-order valence-electron chi connectivity index (χ0n) is 23.1. The van der Waals surface area contributed by atoms with Gasteiger partial charge in [-0.05, 0) is 36.9 Å². The molecule has 2 fully saturated rings. The van der Waals surface area contributed by atoms with E-state index in [1.165, 1.54) is 9.80 Å². The number of amides is 4. The standard InChI is InChI=1S/C30H35F3N4O5/c31-30(32,33)26(39)25(19-21-10-5-2-6-11-21)37-15-7-12-24(37)28(41)35-27(40)23(18-20-8-3-1-4-9-20)34-29(42)36-16-13-22(38)14-17-36/h1-6,8-11,23-26,39H,7,12-19H2,(H,34,42)(H,35,40,41)/t23-,24-,25-,26+/m0/s1. The lowest BCUT2D eigenvalue weighted by molar-refractivity contribution is -0.222. The van der Waals surface area contributed by atoms with Crippen molar-refractivity contribution in [1.29, 1.82) is 0 Å². The maximum atomic E-state index is 13.7. The zero-order valence-corrected chi connectivity index (χ0v) is 23.1. The van der Waals surface area contributed by atoms with Crippen molar-refractivity contribution in [2.45, 2.75) is 68.9 Å². The topological polar surface area (TPSA) is 119 Å². The average molecular weight is 589 g/mol. The van der Waals surface area contributed by atoms with Crippen LogP contribution in [-0.2, 0) is 27.2 Å².